The number of nitrogens with one attached hydrogen (secondary N) is 2. The van der Waals surface area contributed by atoms with E-state index in [1.807, 2.05) is 6.92 Å². The van der Waals surface area contributed by atoms with Crippen molar-refractivity contribution in [3.63, 3.8) is 0 Å². The number of hydrogen-bond acceptors (Lipinski definition) is 3. The predicted molar refractivity (Wildman–Crippen MR) is 57.2 cm³/mol. The molecule has 0 radical (unpaired) electrons. The van der Waals surface area contributed by atoms with Gasteiger partial charge in [0.05, 0.1) is 18.7 Å². The monoisotopic (exact) mass is 202 g/mol. The van der Waals surface area contributed by atoms with E-state index < -0.39 is 0 Å². The van der Waals surface area contributed by atoms with Crippen molar-refractivity contribution in [3.8, 4) is 0 Å². The molecule has 0 aliphatic carbocycles. The fourth-order valence-corrected chi connectivity index (χ4v) is 1.20. The van der Waals surface area contributed by atoms with Crippen molar-refractivity contribution in [2.24, 2.45) is 0 Å². The number of carbonyl (C=O) groups is 1. The van der Waals surface area contributed by atoms with Crippen molar-refractivity contribution in [2.45, 2.75) is 38.8 Å². The van der Waals surface area contributed by atoms with Crippen LogP contribution in [0.4, 0.5) is 0 Å². The Morgan fingerprint density at radius 3 is 2.57 bits per heavy atom. The molecule has 14 heavy (non-hydrogen) atoms. The lowest BCUT2D eigenvalue weighted by Gasteiger charge is -2.19. The van der Waals surface area contributed by atoms with Crippen LogP contribution in [0.3, 0.4) is 0 Å². The summed E-state index contributed by atoms with van der Waals surface area (Å²) in [6.45, 7) is 4.51. The highest BCUT2D eigenvalue weighted by molar-refractivity contribution is 5.81. The minimum Gasteiger partial charge on any atom is -0.383 e. The summed E-state index contributed by atoms with van der Waals surface area (Å²) in [5.74, 6) is 0.0306. The highest BCUT2D eigenvalue weighted by Crippen LogP contribution is 1.97. The van der Waals surface area contributed by atoms with E-state index in [0.29, 0.717) is 6.61 Å². The quantitative estimate of drug-likeness (QED) is 0.633. The molecule has 0 fully saturated rings. The summed E-state index contributed by atoms with van der Waals surface area (Å²) in [4.78, 5) is 11.5. The molecule has 2 N–H and O–H groups in total. The normalized spacial score (nSPS) is 14.9. The van der Waals surface area contributed by atoms with Crippen LogP contribution in [-0.4, -0.2) is 38.8 Å². The summed E-state index contributed by atoms with van der Waals surface area (Å²) < 4.78 is 5.04. The van der Waals surface area contributed by atoms with Gasteiger partial charge in [0, 0.05) is 7.11 Å². The molecule has 0 aromatic heterocycles. The van der Waals surface area contributed by atoms with E-state index in [4.69, 9.17) is 4.74 Å². The summed E-state index contributed by atoms with van der Waals surface area (Å²) in [5.41, 5.74) is 0. The number of amides is 1. The van der Waals surface area contributed by atoms with Gasteiger partial charge >= 0.3 is 0 Å². The van der Waals surface area contributed by atoms with Crippen LogP contribution in [0.2, 0.25) is 0 Å². The molecule has 0 saturated heterocycles. The lowest BCUT2D eigenvalue weighted by molar-refractivity contribution is -0.123. The molecule has 4 heteroatoms. The van der Waals surface area contributed by atoms with Crippen LogP contribution in [0, 0.1) is 0 Å². The predicted octanol–water partition coefficient (Wildman–Crippen LogP) is 0.526. The fourth-order valence-electron chi connectivity index (χ4n) is 1.20. The maximum atomic E-state index is 11.5. The van der Waals surface area contributed by atoms with Crippen molar-refractivity contribution in [2.75, 3.05) is 20.8 Å². The molecule has 84 valence electrons. The van der Waals surface area contributed by atoms with Crippen LogP contribution in [-0.2, 0) is 9.53 Å². The first-order valence-corrected chi connectivity index (χ1v) is 5.12. The number of hydrogen-bond donors (Lipinski definition) is 2. The molecule has 0 saturated carbocycles. The van der Waals surface area contributed by atoms with Crippen LogP contribution in [0.5, 0.6) is 0 Å². The molecule has 1 amide bonds. The third-order valence-electron chi connectivity index (χ3n) is 2.18. The largest absolute Gasteiger partial charge is 0.383 e. The van der Waals surface area contributed by atoms with Gasteiger partial charge in [0.15, 0.2) is 0 Å². The summed E-state index contributed by atoms with van der Waals surface area (Å²) in [6, 6.07) is -0.0143. The second-order valence-electron chi connectivity index (χ2n) is 3.46. The third kappa shape index (κ3) is 5.19. The topological polar surface area (TPSA) is 50.4 Å². The molecule has 0 aromatic carbocycles. The second-order valence-corrected chi connectivity index (χ2v) is 3.46. The fraction of sp³-hybridized carbons (Fsp3) is 0.900. The molecular formula is C10H22N2O2. The molecule has 0 heterocycles. The summed E-state index contributed by atoms with van der Waals surface area (Å²) >= 11 is 0. The highest BCUT2D eigenvalue weighted by atomic mass is 16.5. The van der Waals surface area contributed by atoms with Gasteiger partial charge in [-0.05, 0) is 20.4 Å². The number of rotatable bonds is 7. The van der Waals surface area contributed by atoms with Crippen LogP contribution < -0.4 is 10.6 Å². The highest BCUT2D eigenvalue weighted by Gasteiger charge is 2.15. The Morgan fingerprint density at radius 2 is 2.14 bits per heavy atom. The van der Waals surface area contributed by atoms with E-state index in [-0.39, 0.29) is 18.0 Å². The summed E-state index contributed by atoms with van der Waals surface area (Å²) in [6.07, 6.45) is 2.00. The Kier molecular flexibility index (Phi) is 7.42. The average Bonchev–Trinajstić information content (AvgIpc) is 2.17. The van der Waals surface area contributed by atoms with E-state index in [2.05, 4.69) is 17.6 Å². The lowest BCUT2D eigenvalue weighted by Crippen LogP contribution is -2.46. The van der Waals surface area contributed by atoms with E-state index in [1.54, 1.807) is 14.2 Å². The lowest BCUT2D eigenvalue weighted by atomic mass is 10.1. The number of likely N-dealkylation sites (N-methyl/N-ethyl adjacent to an activating group) is 1. The first-order chi connectivity index (χ1) is 6.65. The molecule has 0 spiro atoms. The standard InChI is InChI=1S/C10H22N2O2/c1-5-6-9(7-14-4)12-10(13)8(2)11-3/h8-9,11H,5-7H2,1-4H3,(H,12,13). The number of methoxy groups -OCH3 is 1. The second kappa shape index (κ2) is 7.76. The maximum absolute atomic E-state index is 11.5. The zero-order chi connectivity index (χ0) is 11.0. The smallest absolute Gasteiger partial charge is 0.237 e. The van der Waals surface area contributed by atoms with Crippen LogP contribution in [0.25, 0.3) is 0 Å². The maximum Gasteiger partial charge on any atom is 0.237 e. The number of carbonyl (C=O) groups excluding carboxylic acids is 1. The summed E-state index contributed by atoms with van der Waals surface area (Å²) in [5, 5.41) is 5.84. The minimum atomic E-state index is -0.147. The van der Waals surface area contributed by atoms with Crippen molar-refractivity contribution in [3.05, 3.63) is 0 Å². The Bertz CT molecular complexity index is 156. The van der Waals surface area contributed by atoms with Gasteiger partial charge in [-0.1, -0.05) is 13.3 Å². The number of ether oxygens (including phenoxy) is 1. The van der Waals surface area contributed by atoms with E-state index in [0.717, 1.165) is 12.8 Å². The SMILES string of the molecule is CCCC(COC)NC(=O)C(C)NC. The van der Waals surface area contributed by atoms with Crippen molar-refractivity contribution < 1.29 is 9.53 Å². The van der Waals surface area contributed by atoms with Crippen LogP contribution >= 0.6 is 0 Å². The van der Waals surface area contributed by atoms with Gasteiger partial charge in [-0.3, -0.25) is 4.79 Å². The Hall–Kier alpha value is -0.610. The first-order valence-electron chi connectivity index (χ1n) is 5.12. The molecule has 2 unspecified atom stereocenters. The van der Waals surface area contributed by atoms with Gasteiger partial charge in [-0.2, -0.15) is 0 Å². The van der Waals surface area contributed by atoms with Gasteiger partial charge < -0.3 is 15.4 Å². The molecule has 4 nitrogen and oxygen atoms in total. The van der Waals surface area contributed by atoms with Gasteiger partial charge in [-0.25, -0.2) is 0 Å². The molecule has 0 bridgehead atoms. The molecule has 0 rings (SSSR count). The van der Waals surface area contributed by atoms with Crippen LogP contribution in [0.1, 0.15) is 26.7 Å². The van der Waals surface area contributed by atoms with Crippen molar-refractivity contribution in [1.82, 2.24) is 10.6 Å². The molecule has 2 atom stereocenters. The van der Waals surface area contributed by atoms with E-state index in [9.17, 15) is 4.79 Å². The zero-order valence-corrected chi connectivity index (χ0v) is 9.59. The van der Waals surface area contributed by atoms with Crippen LogP contribution in [0.15, 0.2) is 0 Å². The van der Waals surface area contributed by atoms with Gasteiger partial charge in [0.2, 0.25) is 5.91 Å². The molecular weight excluding hydrogens is 180 g/mol. The third-order valence-corrected chi connectivity index (χ3v) is 2.18. The Balaban J connectivity index is 3.94. The van der Waals surface area contributed by atoms with Crippen molar-refractivity contribution >= 4 is 5.91 Å². The van der Waals surface area contributed by atoms with Crippen molar-refractivity contribution in [1.29, 1.82) is 0 Å². The van der Waals surface area contributed by atoms with Gasteiger partial charge in [0.25, 0.3) is 0 Å². The zero-order valence-electron chi connectivity index (χ0n) is 9.59. The summed E-state index contributed by atoms with van der Waals surface area (Å²) in [7, 11) is 3.42. The molecule has 0 aromatic rings. The average molecular weight is 202 g/mol. The minimum absolute atomic E-state index is 0.0306. The Morgan fingerprint density at radius 1 is 1.50 bits per heavy atom. The molecule has 0 aliphatic heterocycles. The van der Waals surface area contributed by atoms with E-state index in [1.165, 1.54) is 0 Å². The molecule has 0 aliphatic rings. The van der Waals surface area contributed by atoms with E-state index >= 15 is 0 Å². The van der Waals surface area contributed by atoms with Gasteiger partial charge in [-0.15, -0.1) is 0 Å². The first kappa shape index (κ1) is 13.4. The van der Waals surface area contributed by atoms with Gasteiger partial charge in [0.1, 0.15) is 0 Å². The Labute approximate surface area is 86.4 Å².